The van der Waals surface area contributed by atoms with Crippen LogP contribution in [0.15, 0.2) is 4.79 Å². The first-order chi connectivity index (χ1) is 13.0. The highest BCUT2D eigenvalue weighted by atomic mass is 16.4. The molecule has 2 rings (SSSR count). The monoisotopic (exact) mass is 392 g/mol. The first-order valence-corrected chi connectivity index (χ1v) is 9.99. The number of pyridine rings is 1. The molecule has 0 spiro atoms. The van der Waals surface area contributed by atoms with Gasteiger partial charge in [-0.05, 0) is 45.4 Å². The van der Waals surface area contributed by atoms with Crippen LogP contribution in [0.4, 0.5) is 0 Å². The normalized spacial score (nSPS) is 17.4. The summed E-state index contributed by atoms with van der Waals surface area (Å²) in [5.41, 5.74) is -1.41. The maximum absolute atomic E-state index is 13.1. The van der Waals surface area contributed by atoms with E-state index < -0.39 is 28.9 Å². The summed E-state index contributed by atoms with van der Waals surface area (Å²) >= 11 is 0. The summed E-state index contributed by atoms with van der Waals surface area (Å²) < 4.78 is 1.56. The molecule has 1 saturated carbocycles. The van der Waals surface area contributed by atoms with E-state index in [-0.39, 0.29) is 11.3 Å². The third-order valence-corrected chi connectivity index (χ3v) is 6.36. The zero-order valence-electron chi connectivity index (χ0n) is 17.5. The van der Waals surface area contributed by atoms with E-state index in [2.05, 4.69) is 5.32 Å². The lowest BCUT2D eigenvalue weighted by Gasteiger charge is -2.30. The molecule has 7 heteroatoms. The summed E-state index contributed by atoms with van der Waals surface area (Å²) in [7, 11) is 0. The lowest BCUT2D eigenvalue weighted by Crippen LogP contribution is -2.56. The van der Waals surface area contributed by atoms with Gasteiger partial charge < -0.3 is 20.1 Å². The highest BCUT2D eigenvalue weighted by Crippen LogP contribution is 2.28. The second-order valence-corrected chi connectivity index (χ2v) is 8.47. The van der Waals surface area contributed by atoms with Gasteiger partial charge >= 0.3 is 5.97 Å². The number of nitrogens with one attached hydrogen (secondary N) is 1. The van der Waals surface area contributed by atoms with Crippen molar-refractivity contribution in [1.82, 2.24) is 9.88 Å². The maximum atomic E-state index is 13.1. The molecule has 28 heavy (non-hydrogen) atoms. The molecule has 1 aromatic heterocycles. The van der Waals surface area contributed by atoms with Crippen LogP contribution in [0.5, 0.6) is 5.75 Å². The van der Waals surface area contributed by atoms with Gasteiger partial charge in [-0.25, -0.2) is 4.79 Å². The number of carbonyl (C=O) groups is 2. The van der Waals surface area contributed by atoms with Gasteiger partial charge in [-0.15, -0.1) is 0 Å². The molecule has 0 aliphatic heterocycles. The Morgan fingerprint density at radius 2 is 1.79 bits per heavy atom. The number of aliphatic carboxylic acids is 1. The Bertz CT molecular complexity index is 821. The number of hydrogen-bond acceptors (Lipinski definition) is 4. The van der Waals surface area contributed by atoms with Crippen LogP contribution < -0.4 is 10.9 Å². The summed E-state index contributed by atoms with van der Waals surface area (Å²) in [4.78, 5) is 37.7. The van der Waals surface area contributed by atoms with Crippen LogP contribution in [0, 0.1) is 25.7 Å². The maximum Gasteiger partial charge on any atom is 0.329 e. The first kappa shape index (κ1) is 22.0. The fraction of sp³-hybridized carbons (Fsp3) is 0.667. The fourth-order valence-electron chi connectivity index (χ4n) is 3.75. The molecule has 1 unspecified atom stereocenters. The molecule has 3 N–H and O–H groups in total. The van der Waals surface area contributed by atoms with Gasteiger partial charge in [0, 0.05) is 17.8 Å². The average molecular weight is 392 g/mol. The standard InChI is InChI=1S/C21H32N2O5/c1-12(2)21(5,20(27)28)22-18(25)16-17(24)13(3)14(4)23(19(16)26)11-15-9-7-6-8-10-15/h12,15,24H,6-11H2,1-5H3,(H,22,25)(H,27,28). The Kier molecular flexibility index (Phi) is 6.57. The predicted octanol–water partition coefficient (Wildman–Crippen LogP) is 2.98. The van der Waals surface area contributed by atoms with Gasteiger partial charge in [-0.1, -0.05) is 33.1 Å². The van der Waals surface area contributed by atoms with Gasteiger partial charge in [0.25, 0.3) is 11.5 Å². The SMILES string of the molecule is Cc1c(O)c(C(=O)NC(C)(C(=O)O)C(C)C)c(=O)n(CC2CCCCC2)c1C. The number of nitrogens with zero attached hydrogens (tertiary/aromatic N) is 1. The van der Waals surface area contributed by atoms with Crippen LogP contribution in [0.3, 0.4) is 0 Å². The largest absolute Gasteiger partial charge is 0.507 e. The van der Waals surface area contributed by atoms with Gasteiger partial charge in [0.05, 0.1) is 0 Å². The van der Waals surface area contributed by atoms with Crippen LogP contribution in [-0.4, -0.2) is 32.2 Å². The lowest BCUT2D eigenvalue weighted by molar-refractivity contribution is -0.145. The Morgan fingerprint density at radius 1 is 1.21 bits per heavy atom. The number of hydrogen-bond donors (Lipinski definition) is 3. The zero-order chi connectivity index (χ0) is 21.2. The van der Waals surface area contributed by atoms with E-state index in [0.717, 1.165) is 25.7 Å². The number of aromatic hydroxyl groups is 1. The van der Waals surface area contributed by atoms with Crippen molar-refractivity contribution >= 4 is 11.9 Å². The molecule has 1 amide bonds. The van der Waals surface area contributed by atoms with Crippen LogP contribution in [0.2, 0.25) is 0 Å². The fourth-order valence-corrected chi connectivity index (χ4v) is 3.75. The van der Waals surface area contributed by atoms with E-state index in [1.807, 2.05) is 0 Å². The molecule has 1 aliphatic rings. The third kappa shape index (κ3) is 4.08. The molecular weight excluding hydrogens is 360 g/mol. The van der Waals surface area contributed by atoms with Gasteiger partial charge in [-0.2, -0.15) is 0 Å². The number of carboxylic acids is 1. The number of rotatable bonds is 6. The molecular formula is C21H32N2O5. The highest BCUT2D eigenvalue weighted by Gasteiger charge is 2.39. The molecule has 0 aromatic carbocycles. The number of amides is 1. The molecule has 1 aliphatic carbocycles. The summed E-state index contributed by atoms with van der Waals surface area (Å²) in [5, 5.41) is 22.5. The van der Waals surface area contributed by atoms with Crippen molar-refractivity contribution in [2.24, 2.45) is 11.8 Å². The molecule has 0 saturated heterocycles. The van der Waals surface area contributed by atoms with Gasteiger partial charge in [0.15, 0.2) is 0 Å². The summed E-state index contributed by atoms with van der Waals surface area (Å²) in [6.45, 7) is 8.68. The molecule has 0 radical (unpaired) electrons. The second-order valence-electron chi connectivity index (χ2n) is 8.47. The van der Waals surface area contributed by atoms with E-state index in [9.17, 15) is 24.6 Å². The number of carbonyl (C=O) groups excluding carboxylic acids is 1. The topological polar surface area (TPSA) is 109 Å². The molecule has 1 fully saturated rings. The van der Waals surface area contributed by atoms with Crippen LogP contribution in [0.25, 0.3) is 0 Å². The van der Waals surface area contributed by atoms with E-state index >= 15 is 0 Å². The number of carboxylic acid groups (broad SMARTS) is 1. The van der Waals surface area contributed by atoms with E-state index in [4.69, 9.17) is 0 Å². The van der Waals surface area contributed by atoms with Crippen molar-refractivity contribution in [3.8, 4) is 5.75 Å². The highest BCUT2D eigenvalue weighted by molar-refractivity contribution is 6.00. The Morgan fingerprint density at radius 3 is 2.29 bits per heavy atom. The Labute approximate surface area is 165 Å². The van der Waals surface area contributed by atoms with Crippen molar-refractivity contribution in [2.75, 3.05) is 0 Å². The minimum atomic E-state index is -1.55. The van der Waals surface area contributed by atoms with Gasteiger partial charge in [0.2, 0.25) is 0 Å². The lowest BCUT2D eigenvalue weighted by atomic mass is 9.88. The van der Waals surface area contributed by atoms with E-state index in [1.54, 1.807) is 32.3 Å². The molecule has 1 aromatic rings. The molecule has 0 bridgehead atoms. The number of aromatic nitrogens is 1. The molecule has 1 atom stereocenters. The van der Waals surface area contributed by atoms with Crippen molar-refractivity contribution in [1.29, 1.82) is 0 Å². The zero-order valence-corrected chi connectivity index (χ0v) is 17.5. The predicted molar refractivity (Wildman–Crippen MR) is 107 cm³/mol. The molecule has 156 valence electrons. The van der Waals surface area contributed by atoms with Crippen LogP contribution >= 0.6 is 0 Å². The van der Waals surface area contributed by atoms with Crippen molar-refractivity contribution in [3.05, 3.63) is 27.2 Å². The summed E-state index contributed by atoms with van der Waals surface area (Å²) in [6, 6.07) is 0. The van der Waals surface area contributed by atoms with Crippen LogP contribution in [0.1, 0.15) is 74.5 Å². The average Bonchev–Trinajstić information content (AvgIpc) is 2.64. The molecule has 1 heterocycles. The van der Waals surface area contributed by atoms with Crippen LogP contribution in [-0.2, 0) is 11.3 Å². The van der Waals surface area contributed by atoms with Gasteiger partial charge in [0.1, 0.15) is 16.9 Å². The quantitative estimate of drug-likeness (QED) is 0.690. The first-order valence-electron chi connectivity index (χ1n) is 9.99. The minimum absolute atomic E-state index is 0.366. The Balaban J connectivity index is 2.47. The third-order valence-electron chi connectivity index (χ3n) is 6.36. The molecule has 7 nitrogen and oxygen atoms in total. The smallest absolute Gasteiger partial charge is 0.329 e. The van der Waals surface area contributed by atoms with Crippen molar-refractivity contribution < 1.29 is 19.8 Å². The summed E-state index contributed by atoms with van der Waals surface area (Å²) in [6.07, 6.45) is 5.55. The van der Waals surface area contributed by atoms with E-state index in [1.165, 1.54) is 13.3 Å². The van der Waals surface area contributed by atoms with E-state index in [0.29, 0.717) is 23.7 Å². The van der Waals surface area contributed by atoms with Gasteiger partial charge in [-0.3, -0.25) is 9.59 Å². The van der Waals surface area contributed by atoms with Crippen molar-refractivity contribution in [3.63, 3.8) is 0 Å². The Hall–Kier alpha value is -2.31. The second kappa shape index (κ2) is 8.37. The summed E-state index contributed by atoms with van der Waals surface area (Å²) in [5.74, 6) is -2.48. The van der Waals surface area contributed by atoms with Crippen molar-refractivity contribution in [2.45, 2.75) is 78.8 Å². The minimum Gasteiger partial charge on any atom is -0.507 e.